The molecule has 0 saturated carbocycles. The Hall–Kier alpha value is -0.0800. The second-order valence-electron chi connectivity index (χ2n) is 5.32. The summed E-state index contributed by atoms with van der Waals surface area (Å²) in [6.07, 6.45) is 11.8. The summed E-state index contributed by atoms with van der Waals surface area (Å²) >= 11 is 0. The van der Waals surface area contributed by atoms with E-state index >= 15 is 0 Å². The van der Waals surface area contributed by atoms with E-state index in [1.165, 1.54) is 38.5 Å². The summed E-state index contributed by atoms with van der Waals surface area (Å²) in [6.45, 7) is 4.51. The third-order valence-electron chi connectivity index (χ3n) is 3.57. The van der Waals surface area contributed by atoms with Crippen molar-refractivity contribution in [3.8, 4) is 0 Å². The number of hydrogen-bond acceptors (Lipinski definition) is 2. The number of aliphatic hydroxyl groups is 2. The van der Waals surface area contributed by atoms with Crippen LogP contribution in [0.1, 0.15) is 84.5 Å². The van der Waals surface area contributed by atoms with Crippen LogP contribution < -0.4 is 0 Å². The van der Waals surface area contributed by atoms with E-state index < -0.39 is 5.60 Å². The zero-order valence-corrected chi connectivity index (χ0v) is 11.9. The van der Waals surface area contributed by atoms with Crippen LogP contribution in [-0.4, -0.2) is 22.4 Å². The standard InChI is InChI=1S/C15H32O2/c1-3-5-7-9-11-15(17,13-14-16)12-10-8-6-4-2/h16-17H,3-14H2,1-2H3. The van der Waals surface area contributed by atoms with E-state index in [2.05, 4.69) is 13.8 Å². The quantitative estimate of drug-likeness (QED) is 0.509. The Bertz CT molecular complexity index is 145. The first-order chi connectivity index (χ1) is 8.18. The molecule has 0 fully saturated rings. The fourth-order valence-corrected chi connectivity index (χ4v) is 2.34. The molecule has 2 N–H and O–H groups in total. The van der Waals surface area contributed by atoms with Crippen LogP contribution in [-0.2, 0) is 0 Å². The van der Waals surface area contributed by atoms with Crippen LogP contribution in [0.5, 0.6) is 0 Å². The van der Waals surface area contributed by atoms with E-state index in [1.54, 1.807) is 0 Å². The normalized spacial score (nSPS) is 12.0. The highest BCUT2D eigenvalue weighted by Crippen LogP contribution is 2.26. The molecule has 17 heavy (non-hydrogen) atoms. The Morgan fingerprint density at radius 3 is 1.53 bits per heavy atom. The smallest absolute Gasteiger partial charge is 0.0669 e. The molecule has 0 spiro atoms. The summed E-state index contributed by atoms with van der Waals surface area (Å²) in [5.74, 6) is 0. The highest BCUT2D eigenvalue weighted by atomic mass is 16.3. The second kappa shape index (κ2) is 11.0. The van der Waals surface area contributed by atoms with Crippen molar-refractivity contribution >= 4 is 0 Å². The van der Waals surface area contributed by atoms with Gasteiger partial charge < -0.3 is 10.2 Å². The first-order valence-corrected chi connectivity index (χ1v) is 7.51. The molecule has 0 aromatic carbocycles. The minimum absolute atomic E-state index is 0.109. The SMILES string of the molecule is CCCCCCC(O)(CCO)CCCCCC. The Morgan fingerprint density at radius 1 is 0.706 bits per heavy atom. The molecule has 0 atom stereocenters. The zero-order chi connectivity index (χ0) is 13.0. The van der Waals surface area contributed by atoms with Crippen molar-refractivity contribution in [3.63, 3.8) is 0 Å². The molecule has 0 saturated heterocycles. The largest absolute Gasteiger partial charge is 0.396 e. The van der Waals surface area contributed by atoms with Gasteiger partial charge in [0.1, 0.15) is 0 Å². The van der Waals surface area contributed by atoms with Crippen molar-refractivity contribution in [1.82, 2.24) is 0 Å². The molecule has 0 unspecified atom stereocenters. The number of aliphatic hydroxyl groups excluding tert-OH is 1. The highest BCUT2D eigenvalue weighted by Gasteiger charge is 2.24. The molecule has 2 heteroatoms. The molecular formula is C15H32O2. The van der Waals surface area contributed by atoms with Gasteiger partial charge in [-0.25, -0.2) is 0 Å². The predicted octanol–water partition coefficient (Wildman–Crippen LogP) is 4.04. The average molecular weight is 244 g/mol. The van der Waals surface area contributed by atoms with Crippen molar-refractivity contribution in [2.24, 2.45) is 0 Å². The molecule has 0 radical (unpaired) electrons. The van der Waals surface area contributed by atoms with Crippen molar-refractivity contribution in [1.29, 1.82) is 0 Å². The molecule has 104 valence electrons. The number of rotatable bonds is 12. The van der Waals surface area contributed by atoms with Gasteiger partial charge in [0.25, 0.3) is 0 Å². The third kappa shape index (κ3) is 9.61. The van der Waals surface area contributed by atoms with Crippen LogP contribution in [0.2, 0.25) is 0 Å². The third-order valence-corrected chi connectivity index (χ3v) is 3.57. The summed E-state index contributed by atoms with van der Waals surface area (Å²) in [6, 6.07) is 0. The van der Waals surface area contributed by atoms with Gasteiger partial charge >= 0.3 is 0 Å². The minimum Gasteiger partial charge on any atom is -0.396 e. The molecule has 0 aromatic heterocycles. The minimum atomic E-state index is -0.601. The fourth-order valence-electron chi connectivity index (χ4n) is 2.34. The monoisotopic (exact) mass is 244 g/mol. The van der Waals surface area contributed by atoms with Crippen LogP contribution >= 0.6 is 0 Å². The summed E-state index contributed by atoms with van der Waals surface area (Å²) < 4.78 is 0. The van der Waals surface area contributed by atoms with E-state index in [0.29, 0.717) is 6.42 Å². The van der Waals surface area contributed by atoms with Gasteiger partial charge in [0.05, 0.1) is 5.60 Å². The Morgan fingerprint density at radius 2 is 1.18 bits per heavy atom. The summed E-state index contributed by atoms with van der Waals surface area (Å²) in [5.41, 5.74) is -0.601. The predicted molar refractivity (Wildman–Crippen MR) is 74.2 cm³/mol. The van der Waals surface area contributed by atoms with Gasteiger partial charge in [-0.3, -0.25) is 0 Å². The van der Waals surface area contributed by atoms with Gasteiger partial charge in [-0.15, -0.1) is 0 Å². The van der Waals surface area contributed by atoms with Crippen molar-refractivity contribution in [3.05, 3.63) is 0 Å². The Labute approximate surface area is 107 Å². The summed E-state index contributed by atoms with van der Waals surface area (Å²) in [4.78, 5) is 0. The molecule has 2 nitrogen and oxygen atoms in total. The van der Waals surface area contributed by atoms with Gasteiger partial charge in [0.15, 0.2) is 0 Å². The molecule has 0 aliphatic heterocycles. The molecule has 0 aliphatic rings. The average Bonchev–Trinajstić information content (AvgIpc) is 2.31. The first-order valence-electron chi connectivity index (χ1n) is 7.51. The van der Waals surface area contributed by atoms with Gasteiger partial charge in [-0.2, -0.15) is 0 Å². The maximum atomic E-state index is 10.4. The lowest BCUT2D eigenvalue weighted by molar-refractivity contribution is -0.00405. The number of unbranched alkanes of at least 4 members (excludes halogenated alkanes) is 6. The fraction of sp³-hybridized carbons (Fsp3) is 1.00. The van der Waals surface area contributed by atoms with Gasteiger partial charge in [0.2, 0.25) is 0 Å². The lowest BCUT2D eigenvalue weighted by atomic mass is 9.87. The van der Waals surface area contributed by atoms with Crippen LogP contribution in [0.15, 0.2) is 0 Å². The molecule has 0 bridgehead atoms. The molecule has 0 amide bonds. The molecule has 0 heterocycles. The van der Waals surface area contributed by atoms with E-state index in [9.17, 15) is 5.11 Å². The molecule has 0 rings (SSSR count). The van der Waals surface area contributed by atoms with Crippen molar-refractivity contribution in [2.75, 3.05) is 6.61 Å². The van der Waals surface area contributed by atoms with Crippen LogP contribution in [0.4, 0.5) is 0 Å². The van der Waals surface area contributed by atoms with Gasteiger partial charge in [-0.1, -0.05) is 65.2 Å². The number of hydrogen-bond donors (Lipinski definition) is 2. The lowest BCUT2D eigenvalue weighted by Gasteiger charge is -2.27. The summed E-state index contributed by atoms with van der Waals surface area (Å²) in [7, 11) is 0. The van der Waals surface area contributed by atoms with Gasteiger partial charge in [0, 0.05) is 6.61 Å². The van der Waals surface area contributed by atoms with Crippen molar-refractivity contribution in [2.45, 2.75) is 90.1 Å². The van der Waals surface area contributed by atoms with E-state index in [0.717, 1.165) is 25.7 Å². The first kappa shape index (κ1) is 16.9. The summed E-state index contributed by atoms with van der Waals surface area (Å²) in [5, 5.41) is 19.5. The zero-order valence-electron chi connectivity index (χ0n) is 11.9. The molecular weight excluding hydrogens is 212 g/mol. The molecule has 0 aromatic rings. The van der Waals surface area contributed by atoms with E-state index in [-0.39, 0.29) is 6.61 Å². The van der Waals surface area contributed by atoms with E-state index in [4.69, 9.17) is 5.11 Å². The lowest BCUT2D eigenvalue weighted by Crippen LogP contribution is -2.30. The van der Waals surface area contributed by atoms with Crippen LogP contribution in [0.25, 0.3) is 0 Å². The topological polar surface area (TPSA) is 40.5 Å². The Balaban J connectivity index is 3.80. The van der Waals surface area contributed by atoms with E-state index in [1.807, 2.05) is 0 Å². The van der Waals surface area contributed by atoms with Crippen molar-refractivity contribution < 1.29 is 10.2 Å². The second-order valence-corrected chi connectivity index (χ2v) is 5.32. The van der Waals surface area contributed by atoms with Gasteiger partial charge in [-0.05, 0) is 19.3 Å². The van der Waals surface area contributed by atoms with Crippen LogP contribution in [0.3, 0.4) is 0 Å². The maximum absolute atomic E-state index is 10.4. The Kier molecular flexibility index (Phi) is 11.0. The molecule has 0 aliphatic carbocycles. The highest BCUT2D eigenvalue weighted by molar-refractivity contribution is 4.78. The maximum Gasteiger partial charge on any atom is 0.0669 e. The van der Waals surface area contributed by atoms with Crippen LogP contribution in [0, 0.1) is 0 Å².